The van der Waals surface area contributed by atoms with Gasteiger partial charge in [-0.3, -0.25) is 0 Å². The smallest absolute Gasteiger partial charge is 0.410 e. The summed E-state index contributed by atoms with van der Waals surface area (Å²) in [7, 11) is 0. The predicted molar refractivity (Wildman–Crippen MR) is 108 cm³/mol. The highest BCUT2D eigenvalue weighted by Gasteiger charge is 2.21. The van der Waals surface area contributed by atoms with Crippen LogP contribution in [0.3, 0.4) is 0 Å². The largest absolute Gasteiger partial charge is 0.444 e. The quantitative estimate of drug-likeness (QED) is 0.532. The van der Waals surface area contributed by atoms with Crippen molar-refractivity contribution in [1.82, 2.24) is 20.5 Å². The number of thiazole rings is 1. The number of carbonyl (C=O) groups excluding carboxylic acids is 1. The number of ether oxygens (including phenoxy) is 1. The summed E-state index contributed by atoms with van der Waals surface area (Å²) in [5, 5.41) is 7.47. The van der Waals surface area contributed by atoms with Crippen LogP contribution in [0.1, 0.15) is 50.9 Å². The summed E-state index contributed by atoms with van der Waals surface area (Å²) in [6.45, 7) is 14.9. The fourth-order valence-electron chi connectivity index (χ4n) is 2.16. The molecule has 8 heteroatoms. The Labute approximate surface area is 161 Å². The first kappa shape index (κ1) is 22.2. The molecule has 0 saturated heterocycles. The summed E-state index contributed by atoms with van der Waals surface area (Å²) in [5.74, 6) is 0.723. The fraction of sp³-hybridized carbons (Fsp3) is 0.722. The second kappa shape index (κ2) is 11.0. The Bertz CT molecular complexity index is 580. The van der Waals surface area contributed by atoms with Crippen LogP contribution in [0.4, 0.5) is 4.79 Å². The standard InChI is InChI=1S/C18H33N5O2S/c1-7-10-23(17(24)25-18(4,5)6)11-9-20-16(19-8-2)22-13-15-21-12-14(3)26-15/h12H,7-11,13H2,1-6H3,(H2,19,20,22). The highest BCUT2D eigenvalue weighted by Crippen LogP contribution is 2.12. The van der Waals surface area contributed by atoms with E-state index in [1.54, 1.807) is 16.2 Å². The Morgan fingerprint density at radius 1 is 1.31 bits per heavy atom. The maximum atomic E-state index is 12.3. The van der Waals surface area contributed by atoms with Crippen molar-refractivity contribution >= 4 is 23.4 Å². The summed E-state index contributed by atoms with van der Waals surface area (Å²) in [6.07, 6.45) is 2.47. The van der Waals surface area contributed by atoms with Gasteiger partial charge in [-0.1, -0.05) is 6.92 Å². The predicted octanol–water partition coefficient (Wildman–Crippen LogP) is 3.15. The Kier molecular flexibility index (Phi) is 9.40. The molecule has 7 nitrogen and oxygen atoms in total. The van der Waals surface area contributed by atoms with Gasteiger partial charge >= 0.3 is 6.09 Å². The van der Waals surface area contributed by atoms with E-state index in [1.165, 1.54) is 4.88 Å². The minimum atomic E-state index is -0.487. The number of aromatic nitrogens is 1. The molecule has 0 bridgehead atoms. The number of carbonyl (C=O) groups is 1. The van der Waals surface area contributed by atoms with Gasteiger partial charge in [-0.05, 0) is 41.0 Å². The Morgan fingerprint density at radius 2 is 2.04 bits per heavy atom. The topological polar surface area (TPSA) is 78.9 Å². The summed E-state index contributed by atoms with van der Waals surface area (Å²) < 4.78 is 5.47. The highest BCUT2D eigenvalue weighted by atomic mass is 32.1. The van der Waals surface area contributed by atoms with Gasteiger partial charge in [0.2, 0.25) is 0 Å². The van der Waals surface area contributed by atoms with Crippen LogP contribution < -0.4 is 10.6 Å². The molecule has 1 amide bonds. The normalized spacial score (nSPS) is 12.0. The van der Waals surface area contributed by atoms with Crippen LogP contribution in [0.2, 0.25) is 0 Å². The number of hydrogen-bond acceptors (Lipinski definition) is 5. The van der Waals surface area contributed by atoms with Gasteiger partial charge in [0, 0.05) is 37.3 Å². The van der Waals surface area contributed by atoms with Crippen LogP contribution in [-0.2, 0) is 11.3 Å². The van der Waals surface area contributed by atoms with Crippen LogP contribution in [0.15, 0.2) is 11.2 Å². The van der Waals surface area contributed by atoms with Crippen molar-refractivity contribution in [3.05, 3.63) is 16.1 Å². The van der Waals surface area contributed by atoms with E-state index in [2.05, 4.69) is 20.6 Å². The van der Waals surface area contributed by atoms with Gasteiger partial charge in [-0.25, -0.2) is 14.8 Å². The molecule has 1 aromatic rings. The maximum absolute atomic E-state index is 12.3. The van der Waals surface area contributed by atoms with Crippen LogP contribution in [-0.4, -0.2) is 53.7 Å². The van der Waals surface area contributed by atoms with E-state index in [4.69, 9.17) is 4.74 Å². The number of hydrogen-bond donors (Lipinski definition) is 2. The van der Waals surface area contributed by atoms with Crippen molar-refractivity contribution in [3.63, 3.8) is 0 Å². The second-order valence-electron chi connectivity index (χ2n) is 6.95. The maximum Gasteiger partial charge on any atom is 0.410 e. The summed E-state index contributed by atoms with van der Waals surface area (Å²) in [5.41, 5.74) is -0.487. The number of aliphatic imine (C=N–C) groups is 1. The molecule has 0 spiro atoms. The van der Waals surface area contributed by atoms with Crippen molar-refractivity contribution in [1.29, 1.82) is 0 Å². The molecular weight excluding hydrogens is 350 g/mol. The van der Waals surface area contributed by atoms with E-state index in [9.17, 15) is 4.79 Å². The molecule has 0 radical (unpaired) electrons. The third-order valence-electron chi connectivity index (χ3n) is 3.21. The number of nitrogens with one attached hydrogen (secondary N) is 2. The van der Waals surface area contributed by atoms with Gasteiger partial charge in [0.25, 0.3) is 0 Å². The zero-order chi connectivity index (χ0) is 19.6. The third kappa shape index (κ3) is 9.03. The van der Waals surface area contributed by atoms with Gasteiger partial charge in [0.1, 0.15) is 10.6 Å². The van der Waals surface area contributed by atoms with E-state index < -0.39 is 5.60 Å². The first-order valence-corrected chi connectivity index (χ1v) is 9.98. The van der Waals surface area contributed by atoms with Gasteiger partial charge in [-0.15, -0.1) is 11.3 Å². The molecule has 0 aromatic carbocycles. The van der Waals surface area contributed by atoms with E-state index >= 15 is 0 Å². The number of nitrogens with zero attached hydrogens (tertiary/aromatic N) is 3. The van der Waals surface area contributed by atoms with Crippen LogP contribution >= 0.6 is 11.3 Å². The Hall–Kier alpha value is -1.83. The van der Waals surface area contributed by atoms with E-state index in [0.29, 0.717) is 26.2 Å². The van der Waals surface area contributed by atoms with Gasteiger partial charge in [0.15, 0.2) is 5.96 Å². The molecule has 0 aliphatic heterocycles. The number of amides is 1. The molecule has 1 heterocycles. The molecule has 0 unspecified atom stereocenters. The molecule has 1 aromatic heterocycles. The fourth-order valence-corrected chi connectivity index (χ4v) is 2.87. The number of aryl methyl sites for hydroxylation is 1. The minimum absolute atomic E-state index is 0.277. The van der Waals surface area contributed by atoms with E-state index in [1.807, 2.05) is 47.7 Å². The Morgan fingerprint density at radius 3 is 2.58 bits per heavy atom. The molecule has 0 saturated carbocycles. The highest BCUT2D eigenvalue weighted by molar-refractivity contribution is 7.11. The third-order valence-corrected chi connectivity index (χ3v) is 4.10. The molecule has 0 atom stereocenters. The number of rotatable bonds is 8. The van der Waals surface area contributed by atoms with Crippen LogP contribution in [0, 0.1) is 6.92 Å². The summed E-state index contributed by atoms with van der Waals surface area (Å²) >= 11 is 1.65. The van der Waals surface area contributed by atoms with Crippen molar-refractivity contribution in [2.75, 3.05) is 26.2 Å². The lowest BCUT2D eigenvalue weighted by molar-refractivity contribution is 0.0253. The van der Waals surface area contributed by atoms with Gasteiger partial charge < -0.3 is 20.3 Å². The average molecular weight is 384 g/mol. The lowest BCUT2D eigenvalue weighted by Crippen LogP contribution is -2.44. The van der Waals surface area contributed by atoms with Crippen molar-refractivity contribution in [2.45, 2.75) is 60.1 Å². The van der Waals surface area contributed by atoms with Crippen LogP contribution in [0.25, 0.3) is 0 Å². The van der Waals surface area contributed by atoms with Crippen molar-refractivity contribution in [2.24, 2.45) is 4.99 Å². The minimum Gasteiger partial charge on any atom is -0.444 e. The zero-order valence-corrected chi connectivity index (χ0v) is 17.7. The van der Waals surface area contributed by atoms with Gasteiger partial charge in [-0.2, -0.15) is 0 Å². The lowest BCUT2D eigenvalue weighted by atomic mass is 10.2. The average Bonchev–Trinajstić information content (AvgIpc) is 2.95. The monoisotopic (exact) mass is 383 g/mol. The molecular formula is C18H33N5O2S. The molecule has 0 fully saturated rings. The molecule has 0 aliphatic carbocycles. The molecule has 148 valence electrons. The molecule has 1 rings (SSSR count). The first-order valence-electron chi connectivity index (χ1n) is 9.16. The summed E-state index contributed by atoms with van der Waals surface area (Å²) in [6, 6.07) is 0. The van der Waals surface area contributed by atoms with E-state index in [-0.39, 0.29) is 6.09 Å². The van der Waals surface area contributed by atoms with Crippen molar-refractivity contribution < 1.29 is 9.53 Å². The SMILES string of the molecule is CCCN(CCNC(=NCc1ncc(C)s1)NCC)C(=O)OC(C)(C)C. The zero-order valence-electron chi connectivity index (χ0n) is 16.9. The van der Waals surface area contributed by atoms with E-state index in [0.717, 1.165) is 23.9 Å². The van der Waals surface area contributed by atoms with Gasteiger partial charge in [0.05, 0.1) is 6.54 Å². The molecule has 26 heavy (non-hydrogen) atoms. The lowest BCUT2D eigenvalue weighted by Gasteiger charge is -2.27. The first-order chi connectivity index (χ1) is 12.2. The second-order valence-corrected chi connectivity index (χ2v) is 8.27. The number of guanidine groups is 1. The molecule has 0 aliphatic rings. The van der Waals surface area contributed by atoms with Crippen LogP contribution in [0.5, 0.6) is 0 Å². The Balaban J connectivity index is 2.56. The van der Waals surface area contributed by atoms with Crippen molar-refractivity contribution in [3.8, 4) is 0 Å². The summed E-state index contributed by atoms with van der Waals surface area (Å²) in [4.78, 5) is 24.1. The molecule has 2 N–H and O–H groups in total.